The van der Waals surface area contributed by atoms with Crippen molar-refractivity contribution in [3.63, 3.8) is 0 Å². The highest BCUT2D eigenvalue weighted by atomic mass is 35.5. The van der Waals surface area contributed by atoms with E-state index in [0.29, 0.717) is 21.8 Å². The van der Waals surface area contributed by atoms with Crippen molar-refractivity contribution >= 4 is 29.1 Å². The van der Waals surface area contributed by atoms with E-state index in [1.54, 1.807) is 42.5 Å². The lowest BCUT2D eigenvalue weighted by Gasteiger charge is -2.15. The molecule has 0 radical (unpaired) electrons. The maximum atomic E-state index is 12.4. The average molecular weight is 379 g/mol. The number of hydrogen-bond acceptors (Lipinski definition) is 2. The number of rotatable bonds is 5. The lowest BCUT2D eigenvalue weighted by molar-refractivity contribution is 0.0939. The monoisotopic (exact) mass is 378 g/mol. The fourth-order valence-corrected chi connectivity index (χ4v) is 2.84. The van der Waals surface area contributed by atoms with Crippen LogP contribution in [0, 0.1) is 0 Å². The first kappa shape index (κ1) is 18.7. The van der Waals surface area contributed by atoms with Gasteiger partial charge < -0.3 is 10.6 Å². The van der Waals surface area contributed by atoms with Crippen LogP contribution in [0.25, 0.3) is 0 Å². The van der Waals surface area contributed by atoms with E-state index in [4.69, 9.17) is 11.6 Å². The molecular formula is C22H19ClN2O2. The molecule has 4 nitrogen and oxygen atoms in total. The second-order valence-corrected chi connectivity index (χ2v) is 6.58. The van der Waals surface area contributed by atoms with E-state index in [2.05, 4.69) is 10.6 Å². The largest absolute Gasteiger partial charge is 0.346 e. The minimum absolute atomic E-state index is 0.173. The zero-order valence-corrected chi connectivity index (χ0v) is 15.5. The van der Waals surface area contributed by atoms with E-state index < -0.39 is 0 Å². The molecule has 27 heavy (non-hydrogen) atoms. The predicted octanol–water partition coefficient (Wildman–Crippen LogP) is 5.08. The lowest BCUT2D eigenvalue weighted by atomic mass is 10.1. The number of nitrogens with one attached hydrogen (secondary N) is 2. The van der Waals surface area contributed by atoms with Gasteiger partial charge >= 0.3 is 0 Å². The summed E-state index contributed by atoms with van der Waals surface area (Å²) in [6.45, 7) is 1.90. The van der Waals surface area contributed by atoms with E-state index in [1.807, 2.05) is 43.3 Å². The standard InChI is InChI=1S/C22H19ClN2O2/c1-15(18-8-5-9-19(23)14-18)24-21(26)17-10-12-20(13-11-17)25-22(27)16-6-3-2-4-7-16/h2-15H,1H3,(H,24,26)(H,25,27). The van der Waals surface area contributed by atoms with Gasteiger partial charge in [-0.3, -0.25) is 9.59 Å². The van der Waals surface area contributed by atoms with Gasteiger partial charge in [0.15, 0.2) is 0 Å². The number of hydrogen-bond donors (Lipinski definition) is 2. The second kappa shape index (κ2) is 8.52. The Kier molecular flexibility index (Phi) is 5.89. The van der Waals surface area contributed by atoms with E-state index in [9.17, 15) is 9.59 Å². The van der Waals surface area contributed by atoms with Gasteiger partial charge in [-0.05, 0) is 61.0 Å². The number of benzene rings is 3. The zero-order chi connectivity index (χ0) is 19.2. The summed E-state index contributed by atoms with van der Waals surface area (Å²) >= 11 is 6.00. The van der Waals surface area contributed by atoms with Crippen molar-refractivity contribution in [1.82, 2.24) is 5.32 Å². The Morgan fingerprint density at radius 2 is 1.48 bits per heavy atom. The Bertz CT molecular complexity index is 940. The van der Waals surface area contributed by atoms with Gasteiger partial charge in [0.1, 0.15) is 0 Å². The summed E-state index contributed by atoms with van der Waals surface area (Å²) < 4.78 is 0. The third-order valence-corrected chi connectivity index (χ3v) is 4.37. The van der Waals surface area contributed by atoms with Gasteiger partial charge in [-0.25, -0.2) is 0 Å². The average Bonchev–Trinajstić information content (AvgIpc) is 2.69. The molecule has 1 unspecified atom stereocenters. The Morgan fingerprint density at radius 3 is 2.15 bits per heavy atom. The molecule has 5 heteroatoms. The van der Waals surface area contributed by atoms with Gasteiger partial charge in [-0.15, -0.1) is 0 Å². The summed E-state index contributed by atoms with van der Waals surface area (Å²) in [5.74, 6) is -0.384. The van der Waals surface area contributed by atoms with E-state index in [0.717, 1.165) is 5.56 Å². The van der Waals surface area contributed by atoms with Crippen molar-refractivity contribution < 1.29 is 9.59 Å². The van der Waals surface area contributed by atoms with Crippen molar-refractivity contribution in [1.29, 1.82) is 0 Å². The molecule has 0 aliphatic carbocycles. The van der Waals surface area contributed by atoms with Gasteiger partial charge in [-0.2, -0.15) is 0 Å². The van der Waals surface area contributed by atoms with Crippen LogP contribution in [0.5, 0.6) is 0 Å². The van der Waals surface area contributed by atoms with Crippen molar-refractivity contribution in [2.75, 3.05) is 5.32 Å². The smallest absolute Gasteiger partial charge is 0.255 e. The SMILES string of the molecule is CC(NC(=O)c1ccc(NC(=O)c2ccccc2)cc1)c1cccc(Cl)c1. The summed E-state index contributed by atoms with van der Waals surface area (Å²) in [6, 6.07) is 23.0. The lowest BCUT2D eigenvalue weighted by Crippen LogP contribution is -2.26. The predicted molar refractivity (Wildman–Crippen MR) is 108 cm³/mol. The van der Waals surface area contributed by atoms with Gasteiger partial charge in [0.2, 0.25) is 0 Å². The van der Waals surface area contributed by atoms with Crippen LogP contribution in [0.2, 0.25) is 5.02 Å². The van der Waals surface area contributed by atoms with Crippen molar-refractivity contribution in [2.24, 2.45) is 0 Å². The fraction of sp³-hybridized carbons (Fsp3) is 0.0909. The summed E-state index contributed by atoms with van der Waals surface area (Å²) in [6.07, 6.45) is 0. The van der Waals surface area contributed by atoms with Crippen LogP contribution >= 0.6 is 11.6 Å². The second-order valence-electron chi connectivity index (χ2n) is 6.15. The molecule has 0 aromatic heterocycles. The third kappa shape index (κ3) is 4.96. The molecule has 1 atom stereocenters. The van der Waals surface area contributed by atoms with Crippen LogP contribution in [0.4, 0.5) is 5.69 Å². The van der Waals surface area contributed by atoms with E-state index in [-0.39, 0.29) is 17.9 Å². The van der Waals surface area contributed by atoms with Crippen LogP contribution in [0.1, 0.15) is 39.2 Å². The summed E-state index contributed by atoms with van der Waals surface area (Å²) in [4.78, 5) is 24.6. The summed E-state index contributed by atoms with van der Waals surface area (Å²) in [7, 11) is 0. The maximum absolute atomic E-state index is 12.4. The highest BCUT2D eigenvalue weighted by Crippen LogP contribution is 2.18. The molecule has 0 fully saturated rings. The number of carbonyl (C=O) groups is 2. The van der Waals surface area contributed by atoms with Gasteiger partial charge in [0, 0.05) is 21.8 Å². The highest BCUT2D eigenvalue weighted by Gasteiger charge is 2.12. The Morgan fingerprint density at radius 1 is 0.815 bits per heavy atom. The first-order valence-electron chi connectivity index (χ1n) is 8.56. The topological polar surface area (TPSA) is 58.2 Å². The Labute approximate surface area is 163 Å². The van der Waals surface area contributed by atoms with E-state index >= 15 is 0 Å². The molecule has 0 saturated carbocycles. The number of carbonyl (C=O) groups excluding carboxylic acids is 2. The molecule has 0 heterocycles. The molecule has 0 aliphatic rings. The van der Waals surface area contributed by atoms with Crippen LogP contribution < -0.4 is 10.6 Å². The van der Waals surface area contributed by atoms with Crippen molar-refractivity contribution in [3.8, 4) is 0 Å². The van der Waals surface area contributed by atoms with Crippen LogP contribution in [-0.4, -0.2) is 11.8 Å². The normalized spacial score (nSPS) is 11.5. The van der Waals surface area contributed by atoms with Crippen LogP contribution in [0.3, 0.4) is 0 Å². The maximum Gasteiger partial charge on any atom is 0.255 e. The number of halogens is 1. The molecule has 2 amide bonds. The quantitative estimate of drug-likeness (QED) is 0.650. The molecule has 3 rings (SSSR count). The molecule has 3 aromatic rings. The molecule has 2 N–H and O–H groups in total. The zero-order valence-electron chi connectivity index (χ0n) is 14.8. The first-order chi connectivity index (χ1) is 13.0. The van der Waals surface area contributed by atoms with Gasteiger partial charge in [0.25, 0.3) is 11.8 Å². The fourth-order valence-electron chi connectivity index (χ4n) is 2.64. The van der Waals surface area contributed by atoms with Gasteiger partial charge in [0.05, 0.1) is 6.04 Å². The number of amides is 2. The van der Waals surface area contributed by atoms with Crippen LogP contribution in [0.15, 0.2) is 78.9 Å². The third-order valence-electron chi connectivity index (χ3n) is 4.14. The summed E-state index contributed by atoms with van der Waals surface area (Å²) in [5.41, 5.74) is 2.65. The van der Waals surface area contributed by atoms with Crippen molar-refractivity contribution in [2.45, 2.75) is 13.0 Å². The highest BCUT2D eigenvalue weighted by molar-refractivity contribution is 6.30. The molecule has 0 aliphatic heterocycles. The molecule has 0 bridgehead atoms. The molecule has 0 saturated heterocycles. The van der Waals surface area contributed by atoms with Crippen molar-refractivity contribution in [3.05, 3.63) is 101 Å². The molecule has 0 spiro atoms. The molecular weight excluding hydrogens is 360 g/mol. The Hall–Kier alpha value is -3.11. The van der Waals surface area contributed by atoms with E-state index in [1.165, 1.54) is 0 Å². The molecule has 136 valence electrons. The van der Waals surface area contributed by atoms with Crippen LogP contribution in [-0.2, 0) is 0 Å². The minimum Gasteiger partial charge on any atom is -0.346 e. The molecule has 3 aromatic carbocycles. The first-order valence-corrected chi connectivity index (χ1v) is 8.93. The Balaban J connectivity index is 1.62. The minimum atomic E-state index is -0.192. The summed E-state index contributed by atoms with van der Waals surface area (Å²) in [5, 5.41) is 6.38. The van der Waals surface area contributed by atoms with Gasteiger partial charge in [-0.1, -0.05) is 41.9 Å². The number of anilines is 1.